The Bertz CT molecular complexity index is 958. The fraction of sp³-hybridized carbons (Fsp3) is 0.667. The van der Waals surface area contributed by atoms with Crippen LogP contribution >= 0.6 is 11.8 Å². The highest BCUT2D eigenvalue weighted by atomic mass is 32.2. The fourth-order valence-corrected chi connectivity index (χ4v) is 4.88. The summed E-state index contributed by atoms with van der Waals surface area (Å²) >= 11 is 1.56. The highest BCUT2D eigenvalue weighted by Crippen LogP contribution is 2.29. The van der Waals surface area contributed by atoms with Crippen molar-refractivity contribution in [3.63, 3.8) is 0 Å². The Morgan fingerprint density at radius 3 is 2.20 bits per heavy atom. The average molecular weight is 580 g/mol. The van der Waals surface area contributed by atoms with E-state index >= 15 is 0 Å². The number of methoxy groups -OCH3 is 1. The van der Waals surface area contributed by atoms with Crippen LogP contribution in [0.2, 0.25) is 0 Å². The van der Waals surface area contributed by atoms with E-state index < -0.39 is 35.7 Å². The largest absolute Gasteiger partial charge is 0.468 e. The number of rotatable bonds is 16. The zero-order valence-electron chi connectivity index (χ0n) is 25.6. The van der Waals surface area contributed by atoms with Crippen LogP contribution in [0.3, 0.4) is 0 Å². The van der Waals surface area contributed by atoms with Crippen molar-refractivity contribution in [3.05, 3.63) is 34.9 Å². The molecule has 0 aliphatic heterocycles. The predicted molar refractivity (Wildman–Crippen MR) is 160 cm³/mol. The zero-order chi connectivity index (χ0) is 30.3. The molecule has 1 rings (SSSR count). The van der Waals surface area contributed by atoms with Crippen LogP contribution in [0.4, 0.5) is 4.79 Å². The quantitative estimate of drug-likeness (QED) is 0.207. The number of carbonyl (C=O) groups is 4. The Morgan fingerprint density at radius 1 is 1.02 bits per heavy atom. The molecule has 0 spiro atoms. The molecule has 2 unspecified atom stereocenters. The number of nitrogens with zero attached hydrogens (tertiary/aromatic N) is 1. The van der Waals surface area contributed by atoms with Crippen LogP contribution in [-0.2, 0) is 23.9 Å². The standard InChI is InChI=1S/C30H49N3O6S/c1-9-10-11-12-13-18-33(28(36)23(17-19-40-8)32-29(37)39-30(4,5)6)26(27(35)31-20-24(34)38-7)25-21(2)15-14-16-22(25)3/h14-16,23,26H,9-13,17-20H2,1-8H3,(H,31,35)(H,32,37). The Morgan fingerprint density at radius 2 is 1.65 bits per heavy atom. The molecule has 10 heteroatoms. The first-order chi connectivity index (χ1) is 18.9. The molecule has 1 aromatic rings. The Kier molecular flexibility index (Phi) is 15.7. The van der Waals surface area contributed by atoms with E-state index in [4.69, 9.17) is 9.47 Å². The van der Waals surface area contributed by atoms with Gasteiger partial charge in [0.15, 0.2) is 0 Å². The lowest BCUT2D eigenvalue weighted by Crippen LogP contribution is -2.54. The van der Waals surface area contributed by atoms with Crippen LogP contribution in [0, 0.1) is 13.8 Å². The van der Waals surface area contributed by atoms with Gasteiger partial charge in [-0.3, -0.25) is 14.4 Å². The third-order valence-corrected chi connectivity index (χ3v) is 7.04. The maximum Gasteiger partial charge on any atom is 0.408 e. The van der Waals surface area contributed by atoms with Crippen LogP contribution in [0.1, 0.15) is 89.0 Å². The maximum atomic E-state index is 14.3. The second-order valence-electron chi connectivity index (χ2n) is 10.9. The molecule has 0 fully saturated rings. The van der Waals surface area contributed by atoms with E-state index in [2.05, 4.69) is 17.6 Å². The molecule has 0 aromatic heterocycles. The number of benzene rings is 1. The molecule has 0 bridgehead atoms. The van der Waals surface area contributed by atoms with Crippen LogP contribution in [0.15, 0.2) is 18.2 Å². The molecule has 3 amide bonds. The molecule has 0 aliphatic rings. The van der Waals surface area contributed by atoms with Gasteiger partial charge in [-0.15, -0.1) is 0 Å². The summed E-state index contributed by atoms with van der Waals surface area (Å²) in [5.41, 5.74) is 1.67. The van der Waals surface area contributed by atoms with Gasteiger partial charge in [0.1, 0.15) is 24.2 Å². The highest BCUT2D eigenvalue weighted by Gasteiger charge is 2.37. The van der Waals surface area contributed by atoms with Gasteiger partial charge >= 0.3 is 12.1 Å². The summed E-state index contributed by atoms with van der Waals surface area (Å²) in [6, 6.07) is 3.81. The molecule has 0 saturated carbocycles. The minimum atomic E-state index is -0.998. The normalized spacial score (nSPS) is 12.7. The van der Waals surface area contributed by atoms with E-state index in [0.29, 0.717) is 30.7 Å². The van der Waals surface area contributed by atoms with Crippen LogP contribution < -0.4 is 10.6 Å². The van der Waals surface area contributed by atoms with E-state index in [1.807, 2.05) is 38.3 Å². The SMILES string of the molecule is CCCCCCCN(C(=O)C(CCSC)NC(=O)OC(C)(C)C)C(C(=O)NCC(=O)OC)c1c(C)cccc1C. The van der Waals surface area contributed by atoms with Crippen LogP contribution in [0.5, 0.6) is 0 Å². The molecule has 2 atom stereocenters. The first-order valence-corrected chi connectivity index (χ1v) is 15.4. The van der Waals surface area contributed by atoms with Crippen molar-refractivity contribution < 1.29 is 28.7 Å². The van der Waals surface area contributed by atoms with E-state index in [0.717, 1.165) is 36.8 Å². The van der Waals surface area contributed by atoms with Gasteiger partial charge in [0.25, 0.3) is 0 Å². The molecule has 0 saturated heterocycles. The van der Waals surface area contributed by atoms with Gasteiger partial charge in [0, 0.05) is 6.54 Å². The number of nitrogens with one attached hydrogen (secondary N) is 2. The molecule has 40 heavy (non-hydrogen) atoms. The number of unbranched alkanes of at least 4 members (excludes halogenated alkanes) is 4. The van der Waals surface area contributed by atoms with Crippen molar-refractivity contribution >= 4 is 35.6 Å². The van der Waals surface area contributed by atoms with Gasteiger partial charge in [0.2, 0.25) is 11.8 Å². The Labute approximate surface area is 244 Å². The van der Waals surface area contributed by atoms with Gasteiger partial charge in [-0.05, 0) is 76.2 Å². The molecule has 0 radical (unpaired) electrons. The number of esters is 1. The van der Waals surface area contributed by atoms with Gasteiger partial charge in [-0.1, -0.05) is 50.8 Å². The lowest BCUT2D eigenvalue weighted by molar-refractivity contribution is -0.144. The average Bonchev–Trinajstić information content (AvgIpc) is 2.88. The summed E-state index contributed by atoms with van der Waals surface area (Å²) in [4.78, 5) is 54.2. The molecular formula is C30H49N3O6S. The first-order valence-electron chi connectivity index (χ1n) is 14.1. The third kappa shape index (κ3) is 12.2. The first kappa shape index (κ1) is 35.3. The summed E-state index contributed by atoms with van der Waals surface area (Å²) in [6.07, 6.45) is 6.40. The maximum absolute atomic E-state index is 14.3. The van der Waals surface area contributed by atoms with Crippen molar-refractivity contribution in [1.82, 2.24) is 15.5 Å². The minimum Gasteiger partial charge on any atom is -0.468 e. The summed E-state index contributed by atoms with van der Waals surface area (Å²) in [5, 5.41) is 5.42. The zero-order valence-corrected chi connectivity index (χ0v) is 26.4. The lowest BCUT2D eigenvalue weighted by Gasteiger charge is -2.36. The van der Waals surface area contributed by atoms with Crippen molar-refractivity contribution in [2.24, 2.45) is 0 Å². The van der Waals surface area contributed by atoms with Gasteiger partial charge in [-0.2, -0.15) is 11.8 Å². The summed E-state index contributed by atoms with van der Waals surface area (Å²) in [6.45, 7) is 11.2. The summed E-state index contributed by atoms with van der Waals surface area (Å²) in [7, 11) is 1.25. The summed E-state index contributed by atoms with van der Waals surface area (Å²) in [5.74, 6) is -0.809. The number of carbonyl (C=O) groups excluding carboxylic acids is 4. The van der Waals surface area contributed by atoms with Crippen LogP contribution in [0.25, 0.3) is 0 Å². The molecule has 226 valence electrons. The van der Waals surface area contributed by atoms with E-state index in [1.165, 1.54) is 7.11 Å². The number of aryl methyl sites for hydroxylation is 2. The molecule has 0 aliphatic carbocycles. The van der Waals surface area contributed by atoms with Crippen LogP contribution in [-0.4, -0.2) is 72.6 Å². The molecule has 2 N–H and O–H groups in total. The number of amides is 3. The Hall–Kier alpha value is -2.75. The van der Waals surface area contributed by atoms with Crippen molar-refractivity contribution in [2.45, 2.75) is 97.8 Å². The van der Waals surface area contributed by atoms with E-state index in [1.54, 1.807) is 37.4 Å². The molecule has 0 heterocycles. The van der Waals surface area contributed by atoms with Crippen molar-refractivity contribution in [3.8, 4) is 0 Å². The topological polar surface area (TPSA) is 114 Å². The molecular weight excluding hydrogens is 530 g/mol. The monoisotopic (exact) mass is 579 g/mol. The van der Waals surface area contributed by atoms with Crippen molar-refractivity contribution in [2.75, 3.05) is 32.2 Å². The Balaban J connectivity index is 3.55. The van der Waals surface area contributed by atoms with Crippen molar-refractivity contribution in [1.29, 1.82) is 0 Å². The predicted octanol–water partition coefficient (Wildman–Crippen LogP) is 5.08. The smallest absolute Gasteiger partial charge is 0.408 e. The number of thioether (sulfide) groups is 1. The minimum absolute atomic E-state index is 0.318. The molecule has 9 nitrogen and oxygen atoms in total. The second kappa shape index (κ2) is 17.8. The molecule has 1 aromatic carbocycles. The van der Waals surface area contributed by atoms with E-state index in [9.17, 15) is 19.2 Å². The lowest BCUT2D eigenvalue weighted by atomic mass is 9.93. The van der Waals surface area contributed by atoms with Gasteiger partial charge < -0.3 is 25.0 Å². The number of alkyl carbamates (subject to hydrolysis) is 1. The van der Waals surface area contributed by atoms with Gasteiger partial charge in [0.05, 0.1) is 7.11 Å². The third-order valence-electron chi connectivity index (χ3n) is 6.40. The number of ether oxygens (including phenoxy) is 2. The van der Waals surface area contributed by atoms with Gasteiger partial charge in [-0.25, -0.2) is 4.79 Å². The summed E-state index contributed by atoms with van der Waals surface area (Å²) < 4.78 is 10.2. The second-order valence-corrected chi connectivity index (χ2v) is 11.9. The number of hydrogen-bond acceptors (Lipinski definition) is 7. The number of hydrogen-bond donors (Lipinski definition) is 2. The fourth-order valence-electron chi connectivity index (χ4n) is 4.41. The highest BCUT2D eigenvalue weighted by molar-refractivity contribution is 7.98. The van der Waals surface area contributed by atoms with E-state index in [-0.39, 0.29) is 12.5 Å².